The Morgan fingerprint density at radius 2 is 1.83 bits per heavy atom. The smallest absolute Gasteiger partial charge is 0.261 e. The van der Waals surface area contributed by atoms with Crippen molar-refractivity contribution in [2.75, 3.05) is 18.5 Å². The zero-order valence-corrected chi connectivity index (χ0v) is 16.7. The van der Waals surface area contributed by atoms with Crippen molar-refractivity contribution in [3.05, 3.63) is 77.9 Å². The Labute approximate surface area is 174 Å². The Morgan fingerprint density at radius 1 is 1.10 bits per heavy atom. The number of nitrogens with zero attached hydrogens (tertiary/aromatic N) is 3. The highest BCUT2D eigenvalue weighted by Crippen LogP contribution is 2.31. The number of hydrogen-bond donors (Lipinski definition) is 1. The maximum atomic E-state index is 13.0. The molecule has 154 valence electrons. The summed E-state index contributed by atoms with van der Waals surface area (Å²) < 4.78 is 18.5. The van der Waals surface area contributed by atoms with Gasteiger partial charge < -0.3 is 15.0 Å². The number of ether oxygens (including phenoxy) is 1. The van der Waals surface area contributed by atoms with Gasteiger partial charge in [0.2, 0.25) is 0 Å². The van der Waals surface area contributed by atoms with E-state index < -0.39 is 0 Å². The molecular formula is C23H23FN4O2. The molecular weight excluding hydrogens is 383 g/mol. The van der Waals surface area contributed by atoms with E-state index in [0.29, 0.717) is 18.1 Å². The summed E-state index contributed by atoms with van der Waals surface area (Å²) in [4.78, 5) is 23.7. The minimum absolute atomic E-state index is 0.0900. The molecule has 1 atom stereocenters. The van der Waals surface area contributed by atoms with Crippen molar-refractivity contribution in [3.63, 3.8) is 0 Å². The lowest BCUT2D eigenvalue weighted by atomic mass is 10.1. The van der Waals surface area contributed by atoms with Crippen LogP contribution in [-0.4, -0.2) is 33.9 Å². The van der Waals surface area contributed by atoms with E-state index in [4.69, 9.17) is 9.72 Å². The number of hydrogen-bond acceptors (Lipinski definition) is 5. The predicted octanol–water partition coefficient (Wildman–Crippen LogP) is 4.41. The average molecular weight is 406 g/mol. The third kappa shape index (κ3) is 4.74. The van der Waals surface area contributed by atoms with Crippen molar-refractivity contribution < 1.29 is 13.9 Å². The van der Waals surface area contributed by atoms with Crippen LogP contribution in [0, 0.1) is 12.7 Å². The molecule has 4 rings (SSSR count). The lowest BCUT2D eigenvalue weighted by Gasteiger charge is -2.24. The summed E-state index contributed by atoms with van der Waals surface area (Å²) in [7, 11) is 0. The van der Waals surface area contributed by atoms with Crippen LogP contribution >= 0.6 is 0 Å². The largest absolute Gasteiger partial charge is 0.484 e. The van der Waals surface area contributed by atoms with Gasteiger partial charge in [0, 0.05) is 12.2 Å². The van der Waals surface area contributed by atoms with E-state index in [-0.39, 0.29) is 24.4 Å². The first-order chi connectivity index (χ1) is 14.6. The number of aryl methyl sites for hydroxylation is 1. The second-order valence-corrected chi connectivity index (χ2v) is 7.22. The Hall–Kier alpha value is -3.48. The zero-order valence-electron chi connectivity index (χ0n) is 16.7. The number of nitrogens with one attached hydrogen (secondary N) is 1. The Morgan fingerprint density at radius 3 is 2.60 bits per heavy atom. The summed E-state index contributed by atoms with van der Waals surface area (Å²) in [5.74, 6) is 1.44. The number of carbonyl (C=O) groups is 1. The highest BCUT2D eigenvalue weighted by molar-refractivity contribution is 5.78. The van der Waals surface area contributed by atoms with E-state index in [1.54, 1.807) is 4.90 Å². The summed E-state index contributed by atoms with van der Waals surface area (Å²) in [5.41, 5.74) is 1.75. The Balaban J connectivity index is 1.43. The van der Waals surface area contributed by atoms with Gasteiger partial charge in [0.05, 0.1) is 11.7 Å². The molecule has 30 heavy (non-hydrogen) atoms. The van der Waals surface area contributed by atoms with Gasteiger partial charge in [-0.1, -0.05) is 12.1 Å². The molecule has 1 saturated heterocycles. The molecule has 6 nitrogen and oxygen atoms in total. The zero-order chi connectivity index (χ0) is 20.9. The third-order valence-corrected chi connectivity index (χ3v) is 5.01. The molecule has 1 aromatic carbocycles. The van der Waals surface area contributed by atoms with Crippen LogP contribution in [0.2, 0.25) is 0 Å². The average Bonchev–Trinajstić information content (AvgIpc) is 3.23. The highest BCUT2D eigenvalue weighted by atomic mass is 19.1. The van der Waals surface area contributed by atoms with Gasteiger partial charge in [0.1, 0.15) is 23.2 Å². The third-order valence-electron chi connectivity index (χ3n) is 5.01. The van der Waals surface area contributed by atoms with Crippen molar-refractivity contribution in [2.45, 2.75) is 25.8 Å². The van der Waals surface area contributed by atoms with Crippen molar-refractivity contribution in [2.24, 2.45) is 0 Å². The standard InChI is InChI=1S/C23H23FN4O2/c1-16-5-2-8-21(25-16)27-22-9-3-6-19(26-22)20-7-4-14-28(20)23(29)15-30-18-12-10-17(24)11-13-18/h2-3,5-6,8-13,20H,4,7,14-15H2,1H3,(H,25,26,27). The molecule has 0 aliphatic carbocycles. The number of carbonyl (C=O) groups excluding carboxylic acids is 1. The molecule has 1 unspecified atom stereocenters. The van der Waals surface area contributed by atoms with Crippen molar-refractivity contribution in [1.29, 1.82) is 0 Å². The summed E-state index contributed by atoms with van der Waals surface area (Å²) in [6.45, 7) is 2.51. The monoisotopic (exact) mass is 406 g/mol. The Bertz CT molecular complexity index is 1030. The minimum Gasteiger partial charge on any atom is -0.484 e. The number of pyridine rings is 2. The van der Waals surface area contributed by atoms with Crippen LogP contribution in [0.1, 0.15) is 30.3 Å². The van der Waals surface area contributed by atoms with Crippen LogP contribution in [0.4, 0.5) is 16.0 Å². The van der Waals surface area contributed by atoms with Gasteiger partial charge in [-0.3, -0.25) is 4.79 Å². The number of benzene rings is 1. The lowest BCUT2D eigenvalue weighted by Crippen LogP contribution is -2.34. The molecule has 7 heteroatoms. The molecule has 3 heterocycles. The number of amides is 1. The van der Waals surface area contributed by atoms with Crippen LogP contribution in [0.15, 0.2) is 60.7 Å². The molecule has 0 radical (unpaired) electrons. The van der Waals surface area contributed by atoms with E-state index in [1.165, 1.54) is 24.3 Å². The number of aromatic nitrogens is 2. The number of rotatable bonds is 6. The van der Waals surface area contributed by atoms with Crippen LogP contribution in [0.25, 0.3) is 0 Å². The second kappa shape index (κ2) is 8.90. The van der Waals surface area contributed by atoms with E-state index in [9.17, 15) is 9.18 Å². The van der Waals surface area contributed by atoms with Crippen molar-refractivity contribution >= 4 is 17.5 Å². The summed E-state index contributed by atoms with van der Waals surface area (Å²) in [5, 5.41) is 3.22. The molecule has 0 spiro atoms. The molecule has 1 N–H and O–H groups in total. The summed E-state index contributed by atoms with van der Waals surface area (Å²) in [6, 6.07) is 17.1. The van der Waals surface area contributed by atoms with Gasteiger partial charge in [0.15, 0.2) is 6.61 Å². The molecule has 0 bridgehead atoms. The van der Waals surface area contributed by atoms with Crippen molar-refractivity contribution in [1.82, 2.24) is 14.9 Å². The van der Waals surface area contributed by atoms with Crippen molar-refractivity contribution in [3.8, 4) is 5.75 Å². The molecule has 3 aromatic rings. The van der Waals surface area contributed by atoms with Gasteiger partial charge in [-0.2, -0.15) is 0 Å². The van der Waals surface area contributed by atoms with E-state index >= 15 is 0 Å². The topological polar surface area (TPSA) is 67.4 Å². The first kappa shape index (κ1) is 19.8. The van der Waals surface area contributed by atoms with E-state index in [1.807, 2.05) is 43.3 Å². The van der Waals surface area contributed by atoms with Gasteiger partial charge >= 0.3 is 0 Å². The second-order valence-electron chi connectivity index (χ2n) is 7.22. The van der Waals surface area contributed by atoms with Crippen LogP contribution in [0.3, 0.4) is 0 Å². The summed E-state index contributed by atoms with van der Waals surface area (Å²) in [6.07, 6.45) is 1.76. The highest BCUT2D eigenvalue weighted by Gasteiger charge is 2.31. The number of anilines is 2. The number of likely N-dealkylation sites (tertiary alicyclic amines) is 1. The quantitative estimate of drug-likeness (QED) is 0.657. The predicted molar refractivity (Wildman–Crippen MR) is 112 cm³/mol. The lowest BCUT2D eigenvalue weighted by molar-refractivity contribution is -0.134. The van der Waals surface area contributed by atoms with Crippen LogP contribution in [-0.2, 0) is 4.79 Å². The molecule has 1 aliphatic heterocycles. The van der Waals surface area contributed by atoms with E-state index in [2.05, 4.69) is 10.3 Å². The molecule has 2 aromatic heterocycles. The fourth-order valence-electron chi connectivity index (χ4n) is 3.58. The first-order valence-corrected chi connectivity index (χ1v) is 9.94. The Kier molecular flexibility index (Phi) is 5.88. The normalized spacial score (nSPS) is 15.8. The van der Waals surface area contributed by atoms with Crippen LogP contribution < -0.4 is 10.1 Å². The summed E-state index contributed by atoms with van der Waals surface area (Å²) >= 11 is 0. The SMILES string of the molecule is Cc1cccc(Nc2cccc(C3CCCN3C(=O)COc3ccc(F)cc3)n2)n1. The molecule has 1 amide bonds. The van der Waals surface area contributed by atoms with Gasteiger partial charge in [-0.05, 0) is 68.3 Å². The maximum Gasteiger partial charge on any atom is 0.261 e. The van der Waals surface area contributed by atoms with Gasteiger partial charge in [-0.25, -0.2) is 14.4 Å². The van der Waals surface area contributed by atoms with Gasteiger partial charge in [0.25, 0.3) is 5.91 Å². The first-order valence-electron chi connectivity index (χ1n) is 9.94. The fraction of sp³-hybridized carbons (Fsp3) is 0.261. The van der Waals surface area contributed by atoms with Gasteiger partial charge in [-0.15, -0.1) is 0 Å². The van der Waals surface area contributed by atoms with Crippen LogP contribution in [0.5, 0.6) is 5.75 Å². The fourth-order valence-corrected chi connectivity index (χ4v) is 3.58. The number of halogens is 1. The van der Waals surface area contributed by atoms with E-state index in [0.717, 1.165) is 30.0 Å². The molecule has 1 aliphatic rings. The maximum absolute atomic E-state index is 13.0. The minimum atomic E-state index is -0.339. The molecule has 0 saturated carbocycles. The molecule has 1 fully saturated rings.